The molecule has 2 atom stereocenters. The predicted molar refractivity (Wildman–Crippen MR) is 68.8 cm³/mol. The van der Waals surface area contributed by atoms with Crippen LogP contribution >= 0.6 is 0 Å². The first-order chi connectivity index (χ1) is 8.72. The molecule has 0 spiro atoms. The normalized spacial score (nSPS) is 29.2. The molecule has 0 radical (unpaired) electrons. The molecule has 5 nitrogen and oxygen atoms in total. The first kappa shape index (κ1) is 13.3. The fourth-order valence-electron chi connectivity index (χ4n) is 2.83. The minimum absolute atomic E-state index is 0.163. The zero-order valence-electron chi connectivity index (χ0n) is 11.1. The smallest absolute Gasteiger partial charge is 0.227 e. The molecule has 0 aromatic carbocycles. The number of amides is 1. The van der Waals surface area contributed by atoms with E-state index in [1.54, 1.807) is 0 Å². The summed E-state index contributed by atoms with van der Waals surface area (Å²) in [6, 6.07) is 2.48. The van der Waals surface area contributed by atoms with Gasteiger partial charge < -0.3 is 10.2 Å². The third-order valence-corrected chi connectivity index (χ3v) is 4.07. The van der Waals surface area contributed by atoms with Gasteiger partial charge in [-0.05, 0) is 19.9 Å². The first-order valence-electron chi connectivity index (χ1n) is 6.84. The van der Waals surface area contributed by atoms with Gasteiger partial charge in [-0.3, -0.25) is 9.69 Å². The Morgan fingerprint density at radius 3 is 2.67 bits per heavy atom. The summed E-state index contributed by atoms with van der Waals surface area (Å²) >= 11 is 0. The van der Waals surface area contributed by atoms with E-state index in [4.69, 9.17) is 5.26 Å². The Kier molecular flexibility index (Phi) is 4.56. The summed E-state index contributed by atoms with van der Waals surface area (Å²) < 4.78 is 0. The fraction of sp³-hybridized carbons (Fsp3) is 0.846. The van der Waals surface area contributed by atoms with E-state index in [9.17, 15) is 4.79 Å². The van der Waals surface area contributed by atoms with Crippen LogP contribution in [0.2, 0.25) is 0 Å². The van der Waals surface area contributed by atoms with E-state index in [0.29, 0.717) is 18.4 Å². The van der Waals surface area contributed by atoms with E-state index >= 15 is 0 Å². The van der Waals surface area contributed by atoms with Crippen LogP contribution in [-0.2, 0) is 4.79 Å². The monoisotopic (exact) mass is 250 g/mol. The van der Waals surface area contributed by atoms with Gasteiger partial charge >= 0.3 is 0 Å². The average Bonchev–Trinajstić information content (AvgIpc) is 2.82. The van der Waals surface area contributed by atoms with E-state index in [2.05, 4.69) is 23.2 Å². The lowest BCUT2D eigenvalue weighted by atomic mass is 10.00. The summed E-state index contributed by atoms with van der Waals surface area (Å²) in [5.41, 5.74) is 0. The Balaban J connectivity index is 1.79. The second kappa shape index (κ2) is 6.17. The predicted octanol–water partition coefficient (Wildman–Crippen LogP) is 0.0423. The van der Waals surface area contributed by atoms with Crippen molar-refractivity contribution < 1.29 is 4.79 Å². The Morgan fingerprint density at radius 2 is 2.11 bits per heavy atom. The molecule has 2 heterocycles. The molecular formula is C13H22N4O. The standard InChI is InChI=1S/C13H22N4O/c1-11-12(3-5-15-11)13(18)17-9-7-16(8-10-17)6-2-4-14/h11-12,15H,2-3,5-10H2,1H3. The van der Waals surface area contributed by atoms with Crippen LogP contribution < -0.4 is 5.32 Å². The molecule has 1 N–H and O–H groups in total. The molecule has 0 aliphatic carbocycles. The number of nitriles is 1. The van der Waals surface area contributed by atoms with Gasteiger partial charge in [0.2, 0.25) is 5.91 Å². The van der Waals surface area contributed by atoms with Crippen LogP contribution in [0.4, 0.5) is 0 Å². The van der Waals surface area contributed by atoms with Gasteiger partial charge in [0.1, 0.15) is 0 Å². The minimum Gasteiger partial charge on any atom is -0.340 e. The SMILES string of the molecule is CC1NCCC1C(=O)N1CCN(CCC#N)CC1. The Bertz CT molecular complexity index is 330. The van der Waals surface area contributed by atoms with Crippen molar-refractivity contribution in [3.8, 4) is 6.07 Å². The second-order valence-electron chi connectivity index (χ2n) is 5.21. The Labute approximate surface area is 109 Å². The van der Waals surface area contributed by atoms with Gasteiger partial charge in [0, 0.05) is 45.2 Å². The molecule has 2 saturated heterocycles. The number of hydrogen-bond donors (Lipinski definition) is 1. The summed E-state index contributed by atoms with van der Waals surface area (Å²) in [5.74, 6) is 0.475. The summed E-state index contributed by atoms with van der Waals surface area (Å²) in [7, 11) is 0. The number of rotatable bonds is 3. The number of carbonyl (C=O) groups is 1. The highest BCUT2D eigenvalue weighted by molar-refractivity contribution is 5.80. The van der Waals surface area contributed by atoms with Crippen molar-refractivity contribution in [2.45, 2.75) is 25.8 Å². The minimum atomic E-state index is 0.163. The zero-order valence-corrected chi connectivity index (χ0v) is 11.1. The molecule has 100 valence electrons. The molecule has 1 amide bonds. The molecule has 2 unspecified atom stereocenters. The summed E-state index contributed by atoms with van der Waals surface area (Å²) in [5, 5.41) is 11.9. The van der Waals surface area contributed by atoms with E-state index in [0.717, 1.165) is 45.7 Å². The lowest BCUT2D eigenvalue weighted by Crippen LogP contribution is -2.51. The molecule has 2 rings (SSSR count). The van der Waals surface area contributed by atoms with Crippen LogP contribution in [0.25, 0.3) is 0 Å². The van der Waals surface area contributed by atoms with Gasteiger partial charge in [-0.2, -0.15) is 5.26 Å². The lowest BCUT2D eigenvalue weighted by Gasteiger charge is -2.36. The fourth-order valence-corrected chi connectivity index (χ4v) is 2.83. The first-order valence-corrected chi connectivity index (χ1v) is 6.84. The summed E-state index contributed by atoms with van der Waals surface area (Å²) in [4.78, 5) is 16.6. The molecule has 0 aromatic heterocycles. The molecule has 0 saturated carbocycles. The van der Waals surface area contributed by atoms with Gasteiger partial charge in [0.25, 0.3) is 0 Å². The van der Waals surface area contributed by atoms with Crippen molar-refractivity contribution in [3.05, 3.63) is 0 Å². The van der Waals surface area contributed by atoms with Crippen molar-refractivity contribution >= 4 is 5.91 Å². The van der Waals surface area contributed by atoms with Crippen LogP contribution in [-0.4, -0.2) is 61.0 Å². The molecule has 5 heteroatoms. The number of piperazine rings is 1. The van der Waals surface area contributed by atoms with Gasteiger partial charge in [0.15, 0.2) is 0 Å². The lowest BCUT2D eigenvalue weighted by molar-refractivity contribution is -0.137. The summed E-state index contributed by atoms with van der Waals surface area (Å²) in [6.45, 7) is 7.32. The second-order valence-corrected chi connectivity index (χ2v) is 5.21. The largest absolute Gasteiger partial charge is 0.340 e. The van der Waals surface area contributed by atoms with Crippen molar-refractivity contribution in [1.82, 2.24) is 15.1 Å². The third-order valence-electron chi connectivity index (χ3n) is 4.07. The molecule has 2 aliphatic rings. The van der Waals surface area contributed by atoms with Crippen LogP contribution in [0.1, 0.15) is 19.8 Å². The van der Waals surface area contributed by atoms with Crippen LogP contribution in [0.15, 0.2) is 0 Å². The van der Waals surface area contributed by atoms with Crippen LogP contribution in [0, 0.1) is 17.2 Å². The number of nitrogens with one attached hydrogen (secondary N) is 1. The van der Waals surface area contributed by atoms with E-state index in [-0.39, 0.29) is 5.92 Å². The Morgan fingerprint density at radius 1 is 1.39 bits per heavy atom. The molecule has 2 aliphatic heterocycles. The maximum Gasteiger partial charge on any atom is 0.227 e. The maximum absolute atomic E-state index is 12.3. The number of carbonyl (C=O) groups excluding carboxylic acids is 1. The highest BCUT2D eigenvalue weighted by Crippen LogP contribution is 2.19. The number of hydrogen-bond acceptors (Lipinski definition) is 4. The third kappa shape index (κ3) is 3.01. The van der Waals surface area contributed by atoms with E-state index in [1.807, 2.05) is 4.90 Å². The summed E-state index contributed by atoms with van der Waals surface area (Å²) in [6.07, 6.45) is 1.55. The zero-order chi connectivity index (χ0) is 13.0. The highest BCUT2D eigenvalue weighted by atomic mass is 16.2. The van der Waals surface area contributed by atoms with Crippen LogP contribution in [0.5, 0.6) is 0 Å². The molecular weight excluding hydrogens is 228 g/mol. The van der Waals surface area contributed by atoms with Gasteiger partial charge in [-0.25, -0.2) is 0 Å². The highest BCUT2D eigenvalue weighted by Gasteiger charge is 2.33. The molecule has 18 heavy (non-hydrogen) atoms. The molecule has 2 fully saturated rings. The Hall–Kier alpha value is -1.12. The van der Waals surface area contributed by atoms with Crippen molar-refractivity contribution in [3.63, 3.8) is 0 Å². The number of nitrogens with zero attached hydrogens (tertiary/aromatic N) is 3. The topological polar surface area (TPSA) is 59.4 Å². The van der Waals surface area contributed by atoms with Crippen molar-refractivity contribution in [2.75, 3.05) is 39.3 Å². The van der Waals surface area contributed by atoms with Crippen molar-refractivity contribution in [1.29, 1.82) is 5.26 Å². The average molecular weight is 250 g/mol. The molecule has 0 aromatic rings. The van der Waals surface area contributed by atoms with Gasteiger partial charge in [-0.1, -0.05) is 0 Å². The molecule has 0 bridgehead atoms. The quantitative estimate of drug-likeness (QED) is 0.768. The van der Waals surface area contributed by atoms with E-state index in [1.165, 1.54) is 0 Å². The van der Waals surface area contributed by atoms with Crippen LogP contribution in [0.3, 0.4) is 0 Å². The van der Waals surface area contributed by atoms with Crippen molar-refractivity contribution in [2.24, 2.45) is 5.92 Å². The van der Waals surface area contributed by atoms with Gasteiger partial charge in [0.05, 0.1) is 12.0 Å². The van der Waals surface area contributed by atoms with Gasteiger partial charge in [-0.15, -0.1) is 0 Å². The maximum atomic E-state index is 12.3. The van der Waals surface area contributed by atoms with E-state index < -0.39 is 0 Å².